The van der Waals surface area contributed by atoms with Crippen LogP contribution < -0.4 is 10.6 Å². The second kappa shape index (κ2) is 17.0. The van der Waals surface area contributed by atoms with E-state index in [1.54, 1.807) is 36.4 Å². The number of benzene rings is 5. The van der Waals surface area contributed by atoms with Gasteiger partial charge in [0.25, 0.3) is 30.4 Å². The van der Waals surface area contributed by atoms with E-state index in [2.05, 4.69) is 22.8 Å². The van der Waals surface area contributed by atoms with Gasteiger partial charge in [-0.1, -0.05) is 54.6 Å². The van der Waals surface area contributed by atoms with Gasteiger partial charge in [0.05, 0.1) is 26.9 Å². The Bertz CT molecular complexity index is 2750. The highest BCUT2D eigenvalue weighted by Gasteiger charge is 2.17. The third-order valence-corrected chi connectivity index (χ3v) is 12.1. The zero-order valence-corrected chi connectivity index (χ0v) is 34.2. The second-order valence-corrected chi connectivity index (χ2v) is 18.1. The summed E-state index contributed by atoms with van der Waals surface area (Å²) in [6, 6.07) is 30.2. The summed E-state index contributed by atoms with van der Waals surface area (Å²) in [4.78, 5) is 4.17. The van der Waals surface area contributed by atoms with Crippen molar-refractivity contribution in [2.75, 3.05) is 10.6 Å². The highest BCUT2D eigenvalue weighted by Crippen LogP contribution is 2.35. The maximum absolute atomic E-state index is 11.7. The molecule has 6 rings (SSSR count). The fourth-order valence-corrected chi connectivity index (χ4v) is 8.18. The number of hydrogen-bond donors (Lipinski definition) is 5. The predicted octanol–water partition coefficient (Wildman–Crippen LogP) is 8.23. The SMILES string of the molecule is CC1=CC(=C(c2ccc(NCc3cccc(S(=O)(=O)O)c3)c(C)c2)c2ccc(NCc3cccc(S(=O)(=O)O)c3)c(C)c2)C=CC1=NCc1cccc(S(=O)(=O)O)c1. The Morgan fingerprint density at radius 3 is 1.40 bits per heavy atom. The van der Waals surface area contributed by atoms with Crippen LogP contribution in [0.3, 0.4) is 0 Å². The van der Waals surface area contributed by atoms with Gasteiger partial charge in [0, 0.05) is 24.5 Å². The van der Waals surface area contributed by atoms with Gasteiger partial charge >= 0.3 is 0 Å². The van der Waals surface area contributed by atoms with Crippen LogP contribution in [0.5, 0.6) is 0 Å². The summed E-state index contributed by atoms with van der Waals surface area (Å²) in [5.41, 5.74) is 10.8. The molecule has 0 unspecified atom stereocenters. The van der Waals surface area contributed by atoms with Gasteiger partial charge in [-0.05, 0) is 149 Å². The third kappa shape index (κ3) is 10.4. The first kappa shape index (κ1) is 41.9. The largest absolute Gasteiger partial charge is 0.381 e. The Kier molecular flexibility index (Phi) is 12.3. The van der Waals surface area contributed by atoms with Crippen molar-refractivity contribution in [2.45, 2.75) is 55.1 Å². The van der Waals surface area contributed by atoms with E-state index in [1.807, 2.05) is 63.3 Å². The van der Waals surface area contributed by atoms with Crippen molar-refractivity contribution < 1.29 is 38.9 Å². The summed E-state index contributed by atoms with van der Waals surface area (Å²) in [5, 5.41) is 6.73. The molecule has 0 bridgehead atoms. The lowest BCUT2D eigenvalue weighted by molar-refractivity contribution is 0.481. The normalized spacial score (nSPS) is 14.0. The minimum atomic E-state index is -4.35. The van der Waals surface area contributed by atoms with Crippen LogP contribution in [-0.2, 0) is 50.0 Å². The summed E-state index contributed by atoms with van der Waals surface area (Å²) >= 11 is 0. The molecule has 5 aromatic rings. The molecule has 15 heteroatoms. The monoisotopic (exact) mass is 839 g/mol. The maximum atomic E-state index is 11.7. The molecule has 0 aromatic heterocycles. The molecule has 300 valence electrons. The van der Waals surface area contributed by atoms with Crippen LogP contribution >= 0.6 is 0 Å². The smallest absolute Gasteiger partial charge is 0.294 e. The molecule has 0 aliphatic heterocycles. The van der Waals surface area contributed by atoms with Crippen molar-refractivity contribution >= 4 is 53.0 Å². The average Bonchev–Trinajstić information content (AvgIpc) is 3.16. The summed E-state index contributed by atoms with van der Waals surface area (Å²) in [5.74, 6) is 0. The standard InChI is InChI=1S/C43H41N3O9S3/c1-28-19-34(13-16-40(28)44-25-31-7-4-10-37(22-31)56(47,48)49)43(35-14-17-41(29(2)20-35)45-26-32-8-5-11-38(23-32)57(50,51)52)36-15-18-42(30(3)21-36)46-27-33-9-6-12-39(24-33)58(53,54)55/h4-24,44-45H,25-27H2,1-3H3,(H,47,48,49)(H,50,51,52)(H,53,54,55). The van der Waals surface area contributed by atoms with Crippen molar-refractivity contribution in [1.29, 1.82) is 0 Å². The second-order valence-electron chi connectivity index (χ2n) is 13.8. The number of rotatable bonds is 13. The number of aliphatic imine (C=N–C) groups is 1. The molecule has 0 spiro atoms. The molecule has 0 fully saturated rings. The van der Waals surface area contributed by atoms with Crippen LogP contribution in [0.2, 0.25) is 0 Å². The van der Waals surface area contributed by atoms with E-state index < -0.39 is 30.4 Å². The molecule has 1 aliphatic carbocycles. The molecule has 5 N–H and O–H groups in total. The van der Waals surface area contributed by atoms with Crippen LogP contribution in [0.15, 0.2) is 158 Å². The summed E-state index contributed by atoms with van der Waals surface area (Å²) < 4.78 is 98.4. The molecule has 58 heavy (non-hydrogen) atoms. The Morgan fingerprint density at radius 2 is 0.983 bits per heavy atom. The fraction of sp³-hybridized carbons (Fsp3) is 0.140. The summed E-state index contributed by atoms with van der Waals surface area (Å²) in [7, 11) is -13.0. The highest BCUT2D eigenvalue weighted by molar-refractivity contribution is 7.86. The molecule has 12 nitrogen and oxygen atoms in total. The molecular weight excluding hydrogens is 799 g/mol. The molecule has 5 aromatic carbocycles. The lowest BCUT2D eigenvalue weighted by Gasteiger charge is -2.19. The van der Waals surface area contributed by atoms with Crippen molar-refractivity contribution in [3.8, 4) is 0 Å². The first-order valence-electron chi connectivity index (χ1n) is 17.9. The first-order chi connectivity index (χ1) is 27.3. The van der Waals surface area contributed by atoms with E-state index in [4.69, 9.17) is 4.99 Å². The zero-order chi connectivity index (χ0) is 41.8. The quantitative estimate of drug-likeness (QED) is 0.0716. The van der Waals surface area contributed by atoms with Crippen LogP contribution in [-0.4, -0.2) is 44.6 Å². The van der Waals surface area contributed by atoms with Gasteiger partial charge in [-0.15, -0.1) is 0 Å². The molecule has 1 aliphatic rings. The Balaban J connectivity index is 1.32. The van der Waals surface area contributed by atoms with Crippen molar-refractivity contribution in [3.63, 3.8) is 0 Å². The van der Waals surface area contributed by atoms with E-state index in [0.29, 0.717) is 35.5 Å². The van der Waals surface area contributed by atoms with E-state index in [0.717, 1.165) is 50.3 Å². The van der Waals surface area contributed by atoms with E-state index in [9.17, 15) is 38.9 Å². The van der Waals surface area contributed by atoms with Crippen LogP contribution in [0.25, 0.3) is 5.57 Å². The van der Waals surface area contributed by atoms with Gasteiger partial charge in [0.2, 0.25) is 0 Å². The number of anilines is 2. The predicted molar refractivity (Wildman–Crippen MR) is 226 cm³/mol. The van der Waals surface area contributed by atoms with Gasteiger partial charge < -0.3 is 10.6 Å². The first-order valence-corrected chi connectivity index (χ1v) is 22.2. The topological polar surface area (TPSA) is 200 Å². The lowest BCUT2D eigenvalue weighted by atomic mass is 9.87. The lowest BCUT2D eigenvalue weighted by Crippen LogP contribution is -2.06. The van der Waals surface area contributed by atoms with E-state index in [1.165, 1.54) is 36.4 Å². The van der Waals surface area contributed by atoms with Gasteiger partial charge in [0.15, 0.2) is 0 Å². The summed E-state index contributed by atoms with van der Waals surface area (Å²) in [6.07, 6.45) is 5.92. The molecule has 0 radical (unpaired) electrons. The minimum absolute atomic E-state index is 0.179. The Hall–Kier alpha value is -5.68. The summed E-state index contributed by atoms with van der Waals surface area (Å²) in [6.45, 7) is 6.71. The number of hydrogen-bond acceptors (Lipinski definition) is 9. The molecule has 0 amide bonds. The van der Waals surface area contributed by atoms with Crippen molar-refractivity contribution in [2.24, 2.45) is 4.99 Å². The van der Waals surface area contributed by atoms with Gasteiger partial charge in [-0.25, -0.2) is 0 Å². The Morgan fingerprint density at radius 1 is 0.552 bits per heavy atom. The van der Waals surface area contributed by atoms with E-state index in [-0.39, 0.29) is 21.2 Å². The Labute approximate surface area is 338 Å². The molecular formula is C43H41N3O9S3. The fourth-order valence-electron chi connectivity index (χ4n) is 6.53. The molecule has 0 saturated carbocycles. The van der Waals surface area contributed by atoms with Gasteiger partial charge in [-0.3, -0.25) is 18.7 Å². The molecule has 0 saturated heterocycles. The van der Waals surface area contributed by atoms with E-state index >= 15 is 0 Å². The maximum Gasteiger partial charge on any atom is 0.294 e. The number of aryl methyl sites for hydroxylation is 2. The van der Waals surface area contributed by atoms with Crippen LogP contribution in [0.4, 0.5) is 11.4 Å². The zero-order valence-electron chi connectivity index (χ0n) is 31.7. The van der Waals surface area contributed by atoms with Crippen LogP contribution in [0, 0.1) is 13.8 Å². The van der Waals surface area contributed by atoms with Crippen molar-refractivity contribution in [1.82, 2.24) is 0 Å². The van der Waals surface area contributed by atoms with Crippen LogP contribution in [0.1, 0.15) is 45.9 Å². The molecule has 0 atom stereocenters. The van der Waals surface area contributed by atoms with Gasteiger partial charge in [-0.2, -0.15) is 25.3 Å². The third-order valence-electron chi connectivity index (χ3n) is 9.50. The van der Waals surface area contributed by atoms with Crippen molar-refractivity contribution in [3.05, 3.63) is 178 Å². The average molecular weight is 840 g/mol. The molecule has 0 heterocycles. The number of allylic oxidation sites excluding steroid dienone is 5. The number of nitrogens with zero attached hydrogens (tertiary/aromatic N) is 1. The van der Waals surface area contributed by atoms with Gasteiger partial charge in [0.1, 0.15) is 0 Å². The number of nitrogens with one attached hydrogen (secondary N) is 2. The minimum Gasteiger partial charge on any atom is -0.381 e. The highest BCUT2D eigenvalue weighted by atomic mass is 32.2.